The highest BCUT2D eigenvalue weighted by molar-refractivity contribution is 9.10. The average molecular weight is 378 g/mol. The fraction of sp³-hybridized carbons (Fsp3) is 0.278. The van der Waals surface area contributed by atoms with Crippen LogP contribution in [0.2, 0.25) is 0 Å². The molecule has 0 bridgehead atoms. The van der Waals surface area contributed by atoms with E-state index in [-0.39, 0.29) is 11.9 Å². The molecule has 4 nitrogen and oxygen atoms in total. The van der Waals surface area contributed by atoms with E-state index in [1.165, 1.54) is 0 Å². The van der Waals surface area contributed by atoms with Crippen molar-refractivity contribution >= 4 is 21.8 Å². The number of methoxy groups -OCH3 is 2. The van der Waals surface area contributed by atoms with Crippen LogP contribution in [0.15, 0.2) is 46.9 Å². The lowest BCUT2D eigenvalue weighted by Crippen LogP contribution is -2.28. The van der Waals surface area contributed by atoms with Crippen molar-refractivity contribution in [3.63, 3.8) is 0 Å². The molecule has 122 valence electrons. The van der Waals surface area contributed by atoms with E-state index in [9.17, 15) is 4.79 Å². The molecule has 0 heterocycles. The second kappa shape index (κ2) is 8.02. The maximum Gasteiger partial charge on any atom is 0.252 e. The molecular weight excluding hydrogens is 358 g/mol. The first-order valence-corrected chi connectivity index (χ1v) is 8.17. The third kappa shape index (κ3) is 4.05. The number of halogens is 1. The molecule has 5 heteroatoms. The molecule has 23 heavy (non-hydrogen) atoms. The fourth-order valence-electron chi connectivity index (χ4n) is 2.37. The zero-order valence-electron chi connectivity index (χ0n) is 13.4. The second-order valence-electron chi connectivity index (χ2n) is 5.03. The van der Waals surface area contributed by atoms with Crippen LogP contribution in [0.3, 0.4) is 0 Å². The summed E-state index contributed by atoms with van der Waals surface area (Å²) in [5.74, 6) is 1.21. The Morgan fingerprint density at radius 2 is 1.83 bits per heavy atom. The maximum absolute atomic E-state index is 12.5. The minimum atomic E-state index is -0.112. The number of benzene rings is 2. The predicted octanol–water partition coefficient (Wildman–Crippen LogP) is 4.35. The van der Waals surface area contributed by atoms with Crippen LogP contribution in [0.1, 0.15) is 35.3 Å². The quantitative estimate of drug-likeness (QED) is 0.813. The van der Waals surface area contributed by atoms with Gasteiger partial charge < -0.3 is 14.8 Å². The first kappa shape index (κ1) is 17.3. The molecule has 0 saturated carbocycles. The molecular formula is C18H20BrNO3. The first-order valence-electron chi connectivity index (χ1n) is 7.38. The monoisotopic (exact) mass is 377 g/mol. The maximum atomic E-state index is 12.5. The van der Waals surface area contributed by atoms with E-state index in [0.717, 1.165) is 16.5 Å². The molecule has 0 aromatic heterocycles. The summed E-state index contributed by atoms with van der Waals surface area (Å²) in [5, 5.41) is 3.06. The Morgan fingerprint density at radius 3 is 2.43 bits per heavy atom. The number of nitrogens with one attached hydrogen (secondary N) is 1. The van der Waals surface area contributed by atoms with E-state index < -0.39 is 0 Å². The van der Waals surface area contributed by atoms with Crippen molar-refractivity contribution < 1.29 is 14.3 Å². The molecule has 0 unspecified atom stereocenters. The topological polar surface area (TPSA) is 47.6 Å². The number of hydrogen-bond donors (Lipinski definition) is 1. The lowest BCUT2D eigenvalue weighted by atomic mass is 10.0. The third-order valence-corrected chi connectivity index (χ3v) is 4.33. The third-order valence-electron chi connectivity index (χ3n) is 3.64. The molecule has 1 amide bonds. The zero-order valence-corrected chi connectivity index (χ0v) is 15.0. The number of carbonyl (C=O) groups is 1. The van der Waals surface area contributed by atoms with Crippen LogP contribution in [-0.4, -0.2) is 20.1 Å². The lowest BCUT2D eigenvalue weighted by Gasteiger charge is -2.19. The highest BCUT2D eigenvalue weighted by atomic mass is 79.9. The van der Waals surface area contributed by atoms with Gasteiger partial charge in [0, 0.05) is 4.47 Å². The van der Waals surface area contributed by atoms with Gasteiger partial charge in [0.05, 0.1) is 25.8 Å². The van der Waals surface area contributed by atoms with E-state index in [4.69, 9.17) is 9.47 Å². The molecule has 0 saturated heterocycles. The van der Waals surface area contributed by atoms with Gasteiger partial charge in [-0.2, -0.15) is 0 Å². The molecule has 2 aromatic carbocycles. The highest BCUT2D eigenvalue weighted by Gasteiger charge is 2.17. The number of amides is 1. The van der Waals surface area contributed by atoms with Gasteiger partial charge in [-0.05, 0) is 52.2 Å². The van der Waals surface area contributed by atoms with Crippen LogP contribution in [0.5, 0.6) is 11.5 Å². The average Bonchev–Trinajstić information content (AvgIpc) is 2.59. The smallest absolute Gasteiger partial charge is 0.252 e. The van der Waals surface area contributed by atoms with Gasteiger partial charge in [-0.25, -0.2) is 0 Å². The summed E-state index contributed by atoms with van der Waals surface area (Å²) in [6, 6.07) is 13.0. The van der Waals surface area contributed by atoms with Crippen LogP contribution in [0, 0.1) is 0 Å². The zero-order chi connectivity index (χ0) is 16.8. The molecule has 1 atom stereocenters. The lowest BCUT2D eigenvalue weighted by molar-refractivity contribution is 0.0934. The van der Waals surface area contributed by atoms with Gasteiger partial charge in [0.2, 0.25) is 0 Å². The van der Waals surface area contributed by atoms with Gasteiger partial charge >= 0.3 is 0 Å². The Kier molecular flexibility index (Phi) is 6.04. The number of hydrogen-bond acceptors (Lipinski definition) is 3. The summed E-state index contributed by atoms with van der Waals surface area (Å²) in [4.78, 5) is 12.5. The summed E-state index contributed by atoms with van der Waals surface area (Å²) < 4.78 is 11.4. The molecule has 0 aliphatic rings. The summed E-state index contributed by atoms with van der Waals surface area (Å²) in [6.07, 6.45) is 0.770. The van der Waals surface area contributed by atoms with Crippen molar-refractivity contribution in [3.8, 4) is 11.5 Å². The molecule has 0 fully saturated rings. The fourth-order valence-corrected chi connectivity index (χ4v) is 2.84. The summed E-state index contributed by atoms with van der Waals surface area (Å²) in [5.41, 5.74) is 1.59. The van der Waals surface area contributed by atoms with E-state index in [0.29, 0.717) is 17.1 Å². The Bertz CT molecular complexity index is 688. The highest BCUT2D eigenvalue weighted by Crippen LogP contribution is 2.31. The van der Waals surface area contributed by atoms with Crippen LogP contribution >= 0.6 is 15.9 Å². The SMILES string of the molecule is CC[C@@H](NC(=O)c1ccccc1Br)c1ccc(OC)c(OC)c1. The van der Waals surface area contributed by atoms with Crippen molar-refractivity contribution in [2.24, 2.45) is 0 Å². The number of ether oxygens (including phenoxy) is 2. The molecule has 1 N–H and O–H groups in total. The van der Waals surface area contributed by atoms with Gasteiger partial charge in [-0.3, -0.25) is 4.79 Å². The van der Waals surface area contributed by atoms with E-state index >= 15 is 0 Å². The van der Waals surface area contributed by atoms with E-state index in [2.05, 4.69) is 21.2 Å². The minimum Gasteiger partial charge on any atom is -0.493 e. The Morgan fingerprint density at radius 1 is 1.13 bits per heavy atom. The Labute approximate surface area is 144 Å². The Hall–Kier alpha value is -2.01. The minimum absolute atomic E-state index is 0.102. The number of carbonyl (C=O) groups excluding carboxylic acids is 1. The normalized spacial score (nSPS) is 11.7. The van der Waals surface area contributed by atoms with Crippen molar-refractivity contribution in [1.29, 1.82) is 0 Å². The standard InChI is InChI=1S/C18H20BrNO3/c1-4-15(12-9-10-16(22-2)17(11-12)23-3)20-18(21)13-7-5-6-8-14(13)19/h5-11,15H,4H2,1-3H3,(H,20,21)/t15-/m1/s1. The molecule has 2 rings (SSSR count). The van der Waals surface area contributed by atoms with Crippen molar-refractivity contribution in [3.05, 3.63) is 58.1 Å². The van der Waals surface area contributed by atoms with E-state index in [1.54, 1.807) is 20.3 Å². The molecule has 0 aliphatic heterocycles. The molecule has 2 aromatic rings. The van der Waals surface area contributed by atoms with Crippen molar-refractivity contribution in [1.82, 2.24) is 5.32 Å². The molecule has 0 aliphatic carbocycles. The summed E-state index contributed by atoms with van der Waals surface area (Å²) in [7, 11) is 3.20. The van der Waals surface area contributed by atoms with Crippen LogP contribution in [-0.2, 0) is 0 Å². The van der Waals surface area contributed by atoms with Crippen LogP contribution in [0.25, 0.3) is 0 Å². The summed E-state index contributed by atoms with van der Waals surface area (Å²) in [6.45, 7) is 2.03. The molecule has 0 spiro atoms. The second-order valence-corrected chi connectivity index (χ2v) is 5.88. The number of rotatable bonds is 6. The van der Waals surface area contributed by atoms with Gasteiger partial charge in [0.25, 0.3) is 5.91 Å². The van der Waals surface area contributed by atoms with Crippen molar-refractivity contribution in [2.75, 3.05) is 14.2 Å². The van der Waals surface area contributed by atoms with E-state index in [1.807, 2.05) is 43.3 Å². The predicted molar refractivity (Wildman–Crippen MR) is 94.2 cm³/mol. The van der Waals surface area contributed by atoms with Crippen LogP contribution in [0.4, 0.5) is 0 Å². The van der Waals surface area contributed by atoms with Crippen LogP contribution < -0.4 is 14.8 Å². The first-order chi connectivity index (χ1) is 11.1. The van der Waals surface area contributed by atoms with Gasteiger partial charge in [0.1, 0.15) is 0 Å². The van der Waals surface area contributed by atoms with Gasteiger partial charge in [0.15, 0.2) is 11.5 Å². The van der Waals surface area contributed by atoms with Crippen molar-refractivity contribution in [2.45, 2.75) is 19.4 Å². The Balaban J connectivity index is 2.23. The molecule has 0 radical (unpaired) electrons. The largest absolute Gasteiger partial charge is 0.493 e. The van der Waals surface area contributed by atoms with Gasteiger partial charge in [-0.1, -0.05) is 25.1 Å². The summed E-state index contributed by atoms with van der Waals surface area (Å²) >= 11 is 3.41. The van der Waals surface area contributed by atoms with Gasteiger partial charge in [-0.15, -0.1) is 0 Å².